The molecule has 1 saturated heterocycles. The Morgan fingerprint density at radius 3 is 2.58 bits per heavy atom. The molecule has 7 heteroatoms. The van der Waals surface area contributed by atoms with E-state index in [1.165, 1.54) is 35.4 Å². The number of benzene rings is 1. The lowest BCUT2D eigenvalue weighted by Crippen LogP contribution is -2.30. The summed E-state index contributed by atoms with van der Waals surface area (Å²) in [6.45, 7) is -1.95. The van der Waals surface area contributed by atoms with E-state index in [2.05, 4.69) is 0 Å². The molecule has 1 fully saturated rings. The zero-order valence-electron chi connectivity index (χ0n) is 12.8. The normalized spacial score (nSPS) is 17.7. The van der Waals surface area contributed by atoms with Gasteiger partial charge in [0.05, 0.1) is 0 Å². The quantitative estimate of drug-likeness (QED) is 0.776. The van der Waals surface area contributed by atoms with E-state index in [4.69, 9.17) is 0 Å². The van der Waals surface area contributed by atoms with E-state index in [0.717, 1.165) is 6.07 Å². The lowest BCUT2D eigenvalue weighted by atomic mass is 9.98. The van der Waals surface area contributed by atoms with Crippen molar-refractivity contribution < 1.29 is 22.4 Å². The van der Waals surface area contributed by atoms with Crippen LogP contribution in [0.5, 0.6) is 0 Å². The van der Waals surface area contributed by atoms with Crippen LogP contribution in [0.4, 0.5) is 17.6 Å². The second-order valence-corrected chi connectivity index (χ2v) is 5.97. The summed E-state index contributed by atoms with van der Waals surface area (Å²) in [5.74, 6) is -1.67. The van der Waals surface area contributed by atoms with Gasteiger partial charge in [0, 0.05) is 25.4 Å². The van der Waals surface area contributed by atoms with Gasteiger partial charge in [-0.25, -0.2) is 8.78 Å². The third-order valence-electron chi connectivity index (χ3n) is 4.23. The maximum atomic E-state index is 13.2. The highest BCUT2D eigenvalue weighted by Gasteiger charge is 2.29. The zero-order chi connectivity index (χ0) is 17.3. The summed E-state index contributed by atoms with van der Waals surface area (Å²) >= 11 is 0. The third kappa shape index (κ3) is 3.44. The molecule has 0 radical (unpaired) electrons. The molecule has 2 aromatic rings. The molecule has 1 aromatic carbocycles. The zero-order valence-corrected chi connectivity index (χ0v) is 12.8. The molecule has 1 aromatic heterocycles. The van der Waals surface area contributed by atoms with Gasteiger partial charge in [-0.2, -0.15) is 8.78 Å². The van der Waals surface area contributed by atoms with E-state index in [0.29, 0.717) is 36.1 Å². The molecule has 0 N–H and O–H groups in total. The van der Waals surface area contributed by atoms with Crippen LogP contribution in [-0.2, 0) is 6.42 Å². The number of amides is 1. The SMILES string of the molecule is O=C(c1cccn1C(F)F)N1CCC(Cc2cc(F)cc(F)c2)C1. The van der Waals surface area contributed by atoms with E-state index >= 15 is 0 Å². The topological polar surface area (TPSA) is 25.2 Å². The maximum Gasteiger partial charge on any atom is 0.319 e. The number of likely N-dealkylation sites (tertiary alicyclic amines) is 1. The van der Waals surface area contributed by atoms with Gasteiger partial charge in [0.25, 0.3) is 5.91 Å². The first kappa shape index (κ1) is 16.5. The molecule has 0 saturated carbocycles. The highest BCUT2D eigenvalue weighted by atomic mass is 19.3. The number of aromatic nitrogens is 1. The Labute approximate surface area is 136 Å². The van der Waals surface area contributed by atoms with Gasteiger partial charge in [-0.1, -0.05) is 0 Å². The van der Waals surface area contributed by atoms with E-state index in [1.807, 2.05) is 0 Å². The van der Waals surface area contributed by atoms with Crippen LogP contribution in [0.3, 0.4) is 0 Å². The summed E-state index contributed by atoms with van der Waals surface area (Å²) < 4.78 is 52.8. The summed E-state index contributed by atoms with van der Waals surface area (Å²) in [4.78, 5) is 13.9. The minimum Gasteiger partial charge on any atom is -0.337 e. The van der Waals surface area contributed by atoms with Crippen molar-refractivity contribution in [2.45, 2.75) is 19.4 Å². The summed E-state index contributed by atoms with van der Waals surface area (Å²) in [7, 11) is 0. The largest absolute Gasteiger partial charge is 0.337 e. The van der Waals surface area contributed by atoms with Gasteiger partial charge < -0.3 is 4.90 Å². The molecule has 3 rings (SSSR count). The standard InChI is InChI=1S/C17H16F4N2O/c18-13-7-12(8-14(19)9-13)6-11-3-5-22(10-11)16(24)15-2-1-4-23(15)17(20)21/h1-2,4,7-9,11,17H,3,5-6,10H2. The van der Waals surface area contributed by atoms with E-state index in [9.17, 15) is 22.4 Å². The number of nitrogens with zero attached hydrogens (tertiary/aromatic N) is 2. The molecular formula is C17H16F4N2O. The molecule has 0 aliphatic carbocycles. The summed E-state index contributed by atoms with van der Waals surface area (Å²) in [6.07, 6.45) is 2.27. The van der Waals surface area contributed by atoms with E-state index in [1.54, 1.807) is 0 Å². The smallest absolute Gasteiger partial charge is 0.319 e. The van der Waals surface area contributed by atoms with Crippen molar-refractivity contribution in [3.63, 3.8) is 0 Å². The summed E-state index contributed by atoms with van der Waals surface area (Å²) in [5, 5.41) is 0. The number of hydrogen-bond donors (Lipinski definition) is 0. The molecule has 1 unspecified atom stereocenters. The number of rotatable bonds is 4. The van der Waals surface area contributed by atoms with E-state index < -0.39 is 24.1 Å². The molecule has 0 bridgehead atoms. The van der Waals surface area contributed by atoms with Crippen molar-refractivity contribution in [1.29, 1.82) is 0 Å². The van der Waals surface area contributed by atoms with Crippen LogP contribution in [0.1, 0.15) is 29.0 Å². The van der Waals surface area contributed by atoms with Crippen molar-refractivity contribution in [3.05, 3.63) is 59.4 Å². The molecule has 1 atom stereocenters. The van der Waals surface area contributed by atoms with Gasteiger partial charge >= 0.3 is 6.55 Å². The minimum atomic E-state index is -2.77. The van der Waals surface area contributed by atoms with Crippen molar-refractivity contribution in [3.8, 4) is 0 Å². The highest BCUT2D eigenvalue weighted by Crippen LogP contribution is 2.24. The minimum absolute atomic E-state index is 0.0464. The first-order valence-electron chi connectivity index (χ1n) is 7.63. The maximum absolute atomic E-state index is 13.2. The lowest BCUT2D eigenvalue weighted by Gasteiger charge is -2.18. The first-order valence-corrected chi connectivity index (χ1v) is 7.63. The van der Waals surface area contributed by atoms with Gasteiger partial charge in [-0.3, -0.25) is 9.36 Å². The molecule has 24 heavy (non-hydrogen) atoms. The van der Waals surface area contributed by atoms with Crippen LogP contribution in [0.2, 0.25) is 0 Å². The Morgan fingerprint density at radius 2 is 1.92 bits per heavy atom. The molecule has 0 spiro atoms. The number of hydrogen-bond acceptors (Lipinski definition) is 1. The fourth-order valence-corrected chi connectivity index (χ4v) is 3.15. The Hall–Kier alpha value is -2.31. The van der Waals surface area contributed by atoms with Gasteiger partial charge in [0.2, 0.25) is 0 Å². The van der Waals surface area contributed by atoms with Gasteiger partial charge in [-0.05, 0) is 48.6 Å². The Bertz CT molecular complexity index is 724. The molecule has 2 heterocycles. The number of carbonyl (C=O) groups is 1. The molecule has 3 nitrogen and oxygen atoms in total. The average Bonchev–Trinajstić information content (AvgIpc) is 3.14. The summed E-state index contributed by atoms with van der Waals surface area (Å²) in [6, 6.07) is 6.13. The number of halogens is 4. The van der Waals surface area contributed by atoms with Crippen LogP contribution >= 0.6 is 0 Å². The van der Waals surface area contributed by atoms with Crippen LogP contribution in [0, 0.1) is 17.6 Å². The second-order valence-electron chi connectivity index (χ2n) is 5.97. The average molecular weight is 340 g/mol. The Morgan fingerprint density at radius 1 is 1.21 bits per heavy atom. The number of carbonyl (C=O) groups excluding carboxylic acids is 1. The van der Waals surface area contributed by atoms with Crippen molar-refractivity contribution in [2.24, 2.45) is 5.92 Å². The van der Waals surface area contributed by atoms with Crippen molar-refractivity contribution >= 4 is 5.91 Å². The fourth-order valence-electron chi connectivity index (χ4n) is 3.15. The highest BCUT2D eigenvalue weighted by molar-refractivity contribution is 5.93. The monoisotopic (exact) mass is 340 g/mol. The third-order valence-corrected chi connectivity index (χ3v) is 4.23. The van der Waals surface area contributed by atoms with Gasteiger partial charge in [0.15, 0.2) is 0 Å². The molecule has 1 aliphatic heterocycles. The van der Waals surface area contributed by atoms with Crippen LogP contribution < -0.4 is 0 Å². The summed E-state index contributed by atoms with van der Waals surface area (Å²) in [5.41, 5.74) is 0.477. The lowest BCUT2D eigenvalue weighted by molar-refractivity contribution is 0.0579. The van der Waals surface area contributed by atoms with Crippen LogP contribution in [0.15, 0.2) is 36.5 Å². The Kier molecular flexibility index (Phi) is 4.59. The van der Waals surface area contributed by atoms with Crippen LogP contribution in [-0.4, -0.2) is 28.5 Å². The van der Waals surface area contributed by atoms with E-state index in [-0.39, 0.29) is 11.6 Å². The molecule has 128 valence electrons. The number of alkyl halides is 2. The van der Waals surface area contributed by atoms with Crippen molar-refractivity contribution in [2.75, 3.05) is 13.1 Å². The predicted molar refractivity (Wildman–Crippen MR) is 79.8 cm³/mol. The second kappa shape index (κ2) is 6.67. The Balaban J connectivity index is 1.66. The fraction of sp³-hybridized carbons (Fsp3) is 0.353. The molecular weight excluding hydrogens is 324 g/mol. The first-order chi connectivity index (χ1) is 11.4. The van der Waals surface area contributed by atoms with Crippen LogP contribution in [0.25, 0.3) is 0 Å². The van der Waals surface area contributed by atoms with Gasteiger partial charge in [0.1, 0.15) is 17.3 Å². The van der Waals surface area contributed by atoms with Crippen molar-refractivity contribution in [1.82, 2.24) is 9.47 Å². The molecule has 1 amide bonds. The predicted octanol–water partition coefficient (Wildman–Crippen LogP) is 3.87. The molecule has 1 aliphatic rings. The van der Waals surface area contributed by atoms with Gasteiger partial charge in [-0.15, -0.1) is 0 Å².